The van der Waals surface area contributed by atoms with Gasteiger partial charge in [0.15, 0.2) is 0 Å². The molecule has 33 heavy (non-hydrogen) atoms. The lowest BCUT2D eigenvalue weighted by molar-refractivity contribution is -0.119. The van der Waals surface area contributed by atoms with E-state index in [0.717, 1.165) is 22.1 Å². The molecular formula is C24H30FN3O4Si. The van der Waals surface area contributed by atoms with Crippen LogP contribution in [0.2, 0.25) is 25.7 Å². The SMILES string of the molecule is C[Si](C)(C)CCOCN(C=O)C(=O)N[C@@H](CN1Cc2ccc(F)cc2C1=O)c1ccccc1. The number of carbonyl (C=O) groups excluding carboxylic acids is 3. The van der Waals surface area contributed by atoms with Gasteiger partial charge in [-0.15, -0.1) is 0 Å². The van der Waals surface area contributed by atoms with Gasteiger partial charge in [-0.05, 0) is 29.3 Å². The highest BCUT2D eigenvalue weighted by Crippen LogP contribution is 2.26. The number of urea groups is 1. The van der Waals surface area contributed by atoms with Crippen molar-refractivity contribution in [2.24, 2.45) is 0 Å². The highest BCUT2D eigenvalue weighted by molar-refractivity contribution is 6.76. The molecule has 4 amide bonds. The number of ether oxygens (including phenoxy) is 1. The molecule has 0 aliphatic carbocycles. The summed E-state index contributed by atoms with van der Waals surface area (Å²) in [4.78, 5) is 39.7. The number of benzene rings is 2. The lowest BCUT2D eigenvalue weighted by atomic mass is 10.1. The molecule has 2 aromatic carbocycles. The van der Waals surface area contributed by atoms with Crippen molar-refractivity contribution >= 4 is 26.4 Å². The zero-order chi connectivity index (χ0) is 24.0. The van der Waals surface area contributed by atoms with Gasteiger partial charge in [0.05, 0.1) is 6.04 Å². The Morgan fingerprint density at radius 1 is 1.24 bits per heavy atom. The Bertz CT molecular complexity index is 997. The van der Waals surface area contributed by atoms with Crippen molar-refractivity contribution in [3.05, 3.63) is 71.0 Å². The smallest absolute Gasteiger partial charge is 0.326 e. The van der Waals surface area contributed by atoms with E-state index in [1.807, 2.05) is 30.3 Å². The summed E-state index contributed by atoms with van der Waals surface area (Å²) in [7, 11) is -1.29. The number of halogens is 1. The predicted octanol–water partition coefficient (Wildman–Crippen LogP) is 4.00. The molecule has 0 saturated heterocycles. The topological polar surface area (TPSA) is 79.0 Å². The molecule has 3 rings (SSSR count). The van der Waals surface area contributed by atoms with Gasteiger partial charge in [0.1, 0.15) is 12.5 Å². The summed E-state index contributed by atoms with van der Waals surface area (Å²) in [5.41, 5.74) is 1.86. The second-order valence-corrected chi connectivity index (χ2v) is 14.9. The molecule has 1 N–H and O–H groups in total. The fourth-order valence-electron chi connectivity index (χ4n) is 3.53. The van der Waals surface area contributed by atoms with Gasteiger partial charge in [0.2, 0.25) is 6.41 Å². The number of hydrogen-bond acceptors (Lipinski definition) is 4. The molecule has 0 unspecified atom stereocenters. The average molecular weight is 472 g/mol. The van der Waals surface area contributed by atoms with Crippen LogP contribution in [0.15, 0.2) is 48.5 Å². The number of fused-ring (bicyclic) bond motifs is 1. The molecule has 0 spiro atoms. The molecule has 1 heterocycles. The quantitative estimate of drug-likeness (QED) is 0.246. The second-order valence-electron chi connectivity index (χ2n) is 9.32. The van der Waals surface area contributed by atoms with E-state index in [9.17, 15) is 18.8 Å². The molecule has 0 aromatic heterocycles. The van der Waals surface area contributed by atoms with Crippen molar-refractivity contribution in [1.29, 1.82) is 0 Å². The molecule has 0 saturated carbocycles. The molecule has 1 atom stereocenters. The molecule has 176 valence electrons. The maximum Gasteiger partial charge on any atom is 0.326 e. The van der Waals surface area contributed by atoms with Crippen LogP contribution in [0.4, 0.5) is 9.18 Å². The number of imide groups is 1. The van der Waals surface area contributed by atoms with Crippen molar-refractivity contribution < 1.29 is 23.5 Å². The van der Waals surface area contributed by atoms with Crippen LogP contribution in [0.1, 0.15) is 27.5 Å². The minimum absolute atomic E-state index is 0.144. The molecule has 0 radical (unpaired) electrons. The molecule has 0 fully saturated rings. The second kappa shape index (κ2) is 10.7. The van der Waals surface area contributed by atoms with Crippen LogP contribution in [0, 0.1) is 5.82 Å². The maximum atomic E-state index is 13.6. The number of rotatable bonds is 10. The van der Waals surface area contributed by atoms with Crippen LogP contribution in [-0.4, -0.2) is 56.1 Å². The highest BCUT2D eigenvalue weighted by atomic mass is 28.3. The summed E-state index contributed by atoms with van der Waals surface area (Å²) in [5, 5.41) is 2.84. The van der Waals surface area contributed by atoms with E-state index in [1.165, 1.54) is 12.1 Å². The molecule has 0 bridgehead atoms. The Balaban J connectivity index is 1.68. The van der Waals surface area contributed by atoms with E-state index in [2.05, 4.69) is 25.0 Å². The Labute approximate surface area is 194 Å². The molecule has 2 aromatic rings. The minimum atomic E-state index is -1.29. The molecular weight excluding hydrogens is 441 g/mol. The number of nitrogens with zero attached hydrogens (tertiary/aromatic N) is 2. The van der Waals surface area contributed by atoms with Crippen LogP contribution in [0.25, 0.3) is 0 Å². The zero-order valence-electron chi connectivity index (χ0n) is 19.2. The van der Waals surface area contributed by atoms with E-state index in [0.29, 0.717) is 25.1 Å². The fraction of sp³-hybridized carbons (Fsp3) is 0.375. The summed E-state index contributed by atoms with van der Waals surface area (Å²) in [5.74, 6) is -0.755. The lowest BCUT2D eigenvalue weighted by Gasteiger charge is -2.27. The first-order valence-corrected chi connectivity index (χ1v) is 14.6. The summed E-state index contributed by atoms with van der Waals surface area (Å²) < 4.78 is 19.1. The van der Waals surface area contributed by atoms with Gasteiger partial charge in [-0.3, -0.25) is 9.59 Å². The number of amides is 4. The monoisotopic (exact) mass is 471 g/mol. The van der Waals surface area contributed by atoms with Gasteiger partial charge >= 0.3 is 6.03 Å². The number of hydrogen-bond donors (Lipinski definition) is 1. The van der Waals surface area contributed by atoms with Gasteiger partial charge in [-0.2, -0.15) is 0 Å². The van der Waals surface area contributed by atoms with Crippen molar-refractivity contribution in [3.8, 4) is 0 Å². The Kier molecular flexibility index (Phi) is 7.99. The van der Waals surface area contributed by atoms with E-state index in [1.54, 1.807) is 11.0 Å². The van der Waals surface area contributed by atoms with Crippen LogP contribution in [-0.2, 0) is 16.1 Å². The largest absolute Gasteiger partial charge is 0.361 e. The fourth-order valence-corrected chi connectivity index (χ4v) is 4.29. The van der Waals surface area contributed by atoms with Crippen molar-refractivity contribution in [2.75, 3.05) is 19.9 Å². The normalized spacial score (nSPS) is 14.1. The van der Waals surface area contributed by atoms with E-state index >= 15 is 0 Å². The third-order valence-electron chi connectivity index (χ3n) is 5.47. The average Bonchev–Trinajstić information content (AvgIpc) is 3.08. The standard InChI is InChI=1S/C24H30FN3O4Si/c1-33(2,3)12-11-32-17-28(16-29)24(31)26-22(18-7-5-4-6-8-18)15-27-14-19-9-10-20(25)13-21(19)23(27)30/h4-10,13,16,22H,11-12,14-15,17H2,1-3H3,(H,26,31)/t22-/m0/s1. The van der Waals surface area contributed by atoms with Gasteiger partial charge in [0.25, 0.3) is 5.91 Å². The third-order valence-corrected chi connectivity index (χ3v) is 7.17. The minimum Gasteiger partial charge on any atom is -0.361 e. The Hall–Kier alpha value is -3.04. The van der Waals surface area contributed by atoms with E-state index in [4.69, 9.17) is 4.74 Å². The first-order valence-electron chi connectivity index (χ1n) is 10.9. The third kappa shape index (κ3) is 6.72. The summed E-state index contributed by atoms with van der Waals surface area (Å²) in [6.45, 7) is 7.49. The van der Waals surface area contributed by atoms with Crippen LogP contribution in [0.5, 0.6) is 0 Å². The summed E-state index contributed by atoms with van der Waals surface area (Å²) >= 11 is 0. The maximum absolute atomic E-state index is 13.6. The molecule has 7 nitrogen and oxygen atoms in total. The predicted molar refractivity (Wildman–Crippen MR) is 126 cm³/mol. The van der Waals surface area contributed by atoms with Crippen LogP contribution >= 0.6 is 0 Å². The highest BCUT2D eigenvalue weighted by Gasteiger charge is 2.31. The summed E-state index contributed by atoms with van der Waals surface area (Å²) in [6.07, 6.45) is 0.436. The van der Waals surface area contributed by atoms with Crippen molar-refractivity contribution in [2.45, 2.75) is 38.3 Å². The zero-order valence-corrected chi connectivity index (χ0v) is 20.2. The molecule has 1 aliphatic rings. The Morgan fingerprint density at radius 2 is 1.97 bits per heavy atom. The summed E-state index contributed by atoms with van der Waals surface area (Å²) in [6, 6.07) is 13.1. The Morgan fingerprint density at radius 3 is 2.64 bits per heavy atom. The first kappa shape index (κ1) is 24.6. The number of carbonyl (C=O) groups is 3. The number of nitrogens with one attached hydrogen (secondary N) is 1. The molecule has 9 heteroatoms. The van der Waals surface area contributed by atoms with Crippen LogP contribution in [0.3, 0.4) is 0 Å². The van der Waals surface area contributed by atoms with Gasteiger partial charge < -0.3 is 15.0 Å². The van der Waals surface area contributed by atoms with E-state index < -0.39 is 26.0 Å². The molecule has 1 aliphatic heterocycles. The van der Waals surface area contributed by atoms with Gasteiger partial charge in [-0.25, -0.2) is 14.1 Å². The van der Waals surface area contributed by atoms with Gasteiger partial charge in [0, 0.05) is 33.3 Å². The van der Waals surface area contributed by atoms with E-state index in [-0.39, 0.29) is 19.2 Å². The van der Waals surface area contributed by atoms with Gasteiger partial charge in [-0.1, -0.05) is 56.0 Å². The first-order chi connectivity index (χ1) is 15.7. The lowest BCUT2D eigenvalue weighted by Crippen LogP contribution is -2.45. The van der Waals surface area contributed by atoms with Crippen molar-refractivity contribution in [3.63, 3.8) is 0 Å². The van der Waals surface area contributed by atoms with Crippen molar-refractivity contribution in [1.82, 2.24) is 15.1 Å². The van der Waals surface area contributed by atoms with Crippen LogP contribution < -0.4 is 5.32 Å².